The van der Waals surface area contributed by atoms with Crippen molar-refractivity contribution < 1.29 is 44.7 Å². The van der Waals surface area contributed by atoms with Crippen LogP contribution in [0.2, 0.25) is 0 Å². The summed E-state index contributed by atoms with van der Waals surface area (Å²) in [4.78, 5) is 32.9. The molecule has 0 saturated heterocycles. The van der Waals surface area contributed by atoms with Gasteiger partial charge in [0.25, 0.3) is 0 Å². The molecule has 122 valence electrons. The van der Waals surface area contributed by atoms with Gasteiger partial charge in [0, 0.05) is 12.0 Å². The van der Waals surface area contributed by atoms with Gasteiger partial charge in [0.1, 0.15) is 6.61 Å². The number of ether oxygens (including phenoxy) is 1. The van der Waals surface area contributed by atoms with Crippen molar-refractivity contribution in [3.63, 3.8) is 0 Å². The maximum atomic E-state index is 11.6. The van der Waals surface area contributed by atoms with Crippen LogP contribution in [-0.4, -0.2) is 121 Å². The molecule has 0 spiro atoms. The molecule has 0 aromatic carbocycles. The minimum absolute atomic E-state index is 0. The van der Waals surface area contributed by atoms with Crippen molar-refractivity contribution in [3.8, 4) is 0 Å². The van der Waals surface area contributed by atoms with Gasteiger partial charge in [0.05, 0.1) is 25.2 Å². The zero-order valence-corrected chi connectivity index (χ0v) is 11.2. The van der Waals surface area contributed by atoms with E-state index < -0.39 is 62.1 Å². The van der Waals surface area contributed by atoms with E-state index in [1.54, 1.807) is 0 Å². The van der Waals surface area contributed by atoms with E-state index in [4.69, 9.17) is 30.3 Å². The first-order valence-electron chi connectivity index (χ1n) is 5.86. The van der Waals surface area contributed by atoms with Crippen LogP contribution in [0.5, 0.6) is 0 Å². The Hall–Kier alpha value is -0.334. The Morgan fingerprint density at radius 1 is 1.00 bits per heavy atom. The third-order valence-corrected chi connectivity index (χ3v) is 2.85. The molecule has 0 rings (SSSR count). The number of carbonyl (C=O) groups excluding carboxylic acids is 1. The van der Waals surface area contributed by atoms with Crippen LogP contribution in [0, 0.1) is 11.3 Å². The second kappa shape index (κ2) is 11.2. The number of carboxylic acid groups (broad SMARTS) is 2. The van der Waals surface area contributed by atoms with Crippen LogP contribution in [0.1, 0.15) is 6.42 Å². The van der Waals surface area contributed by atoms with E-state index in [1.807, 2.05) is 0 Å². The van der Waals surface area contributed by atoms with Crippen molar-refractivity contribution in [2.24, 2.45) is 11.3 Å². The van der Waals surface area contributed by atoms with Gasteiger partial charge < -0.3 is 30.3 Å². The fraction of sp³-hybridized carbons (Fsp3) is 0.583. The second-order valence-corrected chi connectivity index (χ2v) is 4.59. The van der Waals surface area contributed by atoms with Gasteiger partial charge in [-0.25, -0.2) is 4.79 Å². The van der Waals surface area contributed by atoms with E-state index in [0.717, 1.165) is 0 Å². The Labute approximate surface area is 169 Å². The summed E-state index contributed by atoms with van der Waals surface area (Å²) in [5.74, 6) is -6.13. The average Bonchev–Trinajstić information content (AvgIpc) is 2.45. The van der Waals surface area contributed by atoms with Crippen molar-refractivity contribution in [2.45, 2.75) is 6.42 Å². The molecule has 0 aliphatic heterocycles. The van der Waals surface area contributed by atoms with Gasteiger partial charge in [0.2, 0.25) is 0 Å². The first-order chi connectivity index (χ1) is 9.72. The van der Waals surface area contributed by atoms with E-state index in [2.05, 4.69) is 6.58 Å². The van der Waals surface area contributed by atoms with Crippen molar-refractivity contribution in [1.82, 2.24) is 0 Å². The van der Waals surface area contributed by atoms with Crippen molar-refractivity contribution in [3.05, 3.63) is 12.2 Å². The number of carbonyl (C=O) groups is 3. The molecule has 0 radical (unpaired) electrons. The number of hydrogen-bond donors (Lipinski definition) is 5. The molecule has 0 saturated carbocycles. The van der Waals surface area contributed by atoms with E-state index in [9.17, 15) is 14.4 Å². The SMILES string of the molecule is C=C(CC(C(=O)O)C(=O)O)C(=O)OCC(CO)(CO)CO.[KH]. The number of esters is 1. The Morgan fingerprint density at radius 2 is 1.41 bits per heavy atom. The molecule has 0 amide bonds. The molecule has 0 aliphatic rings. The average molecular weight is 346 g/mol. The number of aliphatic hydroxyl groups is 3. The minimum atomic E-state index is -1.83. The topological polar surface area (TPSA) is 162 Å². The summed E-state index contributed by atoms with van der Waals surface area (Å²) < 4.78 is 4.70. The van der Waals surface area contributed by atoms with Gasteiger partial charge in [-0.1, -0.05) is 6.58 Å². The summed E-state index contributed by atoms with van der Waals surface area (Å²) in [6.45, 7) is 0.781. The van der Waals surface area contributed by atoms with Crippen molar-refractivity contribution >= 4 is 69.3 Å². The number of carboxylic acids is 2. The maximum absolute atomic E-state index is 11.6. The molecule has 0 aliphatic carbocycles. The van der Waals surface area contributed by atoms with Crippen molar-refractivity contribution in [2.75, 3.05) is 26.4 Å². The molecule has 0 aromatic heterocycles. The predicted molar refractivity (Wildman–Crippen MR) is 74.3 cm³/mol. The summed E-state index contributed by atoms with van der Waals surface area (Å²) in [6, 6.07) is 0. The van der Waals surface area contributed by atoms with Crippen LogP contribution in [0.25, 0.3) is 0 Å². The zero-order valence-electron chi connectivity index (χ0n) is 11.2. The first-order valence-corrected chi connectivity index (χ1v) is 5.86. The summed E-state index contributed by atoms with van der Waals surface area (Å²) in [7, 11) is 0. The fourth-order valence-electron chi connectivity index (χ4n) is 1.22. The third-order valence-electron chi connectivity index (χ3n) is 2.85. The Kier molecular flexibility index (Phi) is 12.2. The van der Waals surface area contributed by atoms with Crippen LogP contribution in [0.15, 0.2) is 12.2 Å². The van der Waals surface area contributed by atoms with Crippen LogP contribution < -0.4 is 0 Å². The molecule has 0 aromatic rings. The summed E-state index contributed by atoms with van der Waals surface area (Å²) in [5.41, 5.74) is -1.82. The van der Waals surface area contributed by atoms with Crippen LogP contribution in [0.4, 0.5) is 0 Å². The van der Waals surface area contributed by atoms with Gasteiger partial charge in [-0.05, 0) is 0 Å². The summed E-state index contributed by atoms with van der Waals surface area (Å²) in [5, 5.41) is 44.4. The number of aliphatic hydroxyl groups excluding tert-OH is 3. The molecule has 0 atom stereocenters. The molecule has 10 heteroatoms. The normalized spacial score (nSPS) is 10.7. The van der Waals surface area contributed by atoms with Gasteiger partial charge in [-0.2, -0.15) is 0 Å². The van der Waals surface area contributed by atoms with Gasteiger partial charge in [0.15, 0.2) is 5.92 Å². The van der Waals surface area contributed by atoms with Crippen molar-refractivity contribution in [1.29, 1.82) is 0 Å². The zero-order chi connectivity index (χ0) is 16.6. The molecule has 0 bridgehead atoms. The first kappa shape index (κ1) is 23.9. The molecule has 9 nitrogen and oxygen atoms in total. The van der Waals surface area contributed by atoms with Crippen LogP contribution >= 0.6 is 0 Å². The summed E-state index contributed by atoms with van der Waals surface area (Å²) >= 11 is 0. The molecule has 0 unspecified atom stereocenters. The van der Waals surface area contributed by atoms with Gasteiger partial charge in [-0.15, -0.1) is 0 Å². The Balaban J connectivity index is 0. The molecule has 0 heterocycles. The second-order valence-electron chi connectivity index (χ2n) is 4.59. The molecule has 0 fully saturated rings. The Bertz CT molecular complexity index is 395. The molecule has 22 heavy (non-hydrogen) atoms. The predicted octanol–water partition coefficient (Wildman–Crippen LogP) is -2.42. The van der Waals surface area contributed by atoms with E-state index in [0.29, 0.717) is 0 Å². The summed E-state index contributed by atoms with van der Waals surface area (Å²) in [6.07, 6.45) is -0.645. The number of aliphatic carboxylic acids is 2. The Morgan fingerprint density at radius 3 is 1.73 bits per heavy atom. The molecular formula is C12H19KO9. The quantitative estimate of drug-likeness (QED) is 0.125. The number of hydrogen-bond acceptors (Lipinski definition) is 7. The molecular weight excluding hydrogens is 327 g/mol. The fourth-order valence-corrected chi connectivity index (χ4v) is 1.22. The van der Waals surface area contributed by atoms with Crippen LogP contribution in [0.3, 0.4) is 0 Å². The molecule has 5 N–H and O–H groups in total. The number of rotatable bonds is 10. The van der Waals surface area contributed by atoms with Crippen LogP contribution in [-0.2, 0) is 19.1 Å². The standard InChI is InChI=1S/C12H18O9.K.H/c1-7(2-8(9(16)17)10(18)19)11(20)21-6-12(3-13,4-14)5-15;;/h8,13-15H,1-6H2,(H,16,17)(H,18,19);;. The van der Waals surface area contributed by atoms with Gasteiger partial charge in [-0.3, -0.25) is 9.59 Å². The van der Waals surface area contributed by atoms with E-state index in [1.165, 1.54) is 0 Å². The van der Waals surface area contributed by atoms with E-state index in [-0.39, 0.29) is 57.0 Å². The van der Waals surface area contributed by atoms with E-state index >= 15 is 0 Å². The van der Waals surface area contributed by atoms with Gasteiger partial charge >= 0.3 is 69.3 Å². The monoisotopic (exact) mass is 346 g/mol. The third kappa shape index (κ3) is 7.29.